The van der Waals surface area contributed by atoms with E-state index in [0.29, 0.717) is 36.5 Å². The predicted molar refractivity (Wildman–Crippen MR) is 67.8 cm³/mol. The molecule has 19 heavy (non-hydrogen) atoms. The molecule has 0 saturated heterocycles. The summed E-state index contributed by atoms with van der Waals surface area (Å²) < 4.78 is 18.7. The molecule has 5 nitrogen and oxygen atoms in total. The smallest absolute Gasteiger partial charge is 0.338 e. The van der Waals surface area contributed by atoms with Crippen LogP contribution in [0.3, 0.4) is 0 Å². The third kappa shape index (κ3) is 3.08. The number of aryl methyl sites for hydroxylation is 1. The number of hydrogen-bond donors (Lipinski definition) is 2. The molecule has 0 amide bonds. The van der Waals surface area contributed by atoms with Crippen LogP contribution >= 0.6 is 0 Å². The van der Waals surface area contributed by atoms with Crippen LogP contribution in [0.1, 0.15) is 29.5 Å². The lowest BCUT2D eigenvalue weighted by molar-refractivity contribution is 0.0692. The van der Waals surface area contributed by atoms with E-state index in [1.165, 1.54) is 6.07 Å². The molecule has 2 N–H and O–H groups in total. The van der Waals surface area contributed by atoms with Gasteiger partial charge in [-0.1, -0.05) is 0 Å². The molecule has 102 valence electrons. The molecule has 0 aliphatic rings. The van der Waals surface area contributed by atoms with E-state index in [9.17, 15) is 9.18 Å². The summed E-state index contributed by atoms with van der Waals surface area (Å²) in [7, 11) is 0. The van der Waals surface area contributed by atoms with E-state index in [2.05, 4.69) is 9.97 Å². The van der Waals surface area contributed by atoms with Crippen LogP contribution in [-0.4, -0.2) is 34.3 Å². The van der Waals surface area contributed by atoms with Crippen molar-refractivity contribution in [2.45, 2.75) is 19.8 Å². The summed E-state index contributed by atoms with van der Waals surface area (Å²) in [6, 6.07) is 2.41. The summed E-state index contributed by atoms with van der Waals surface area (Å²) >= 11 is 0. The maximum absolute atomic E-state index is 13.5. The van der Waals surface area contributed by atoms with E-state index >= 15 is 0 Å². The maximum Gasteiger partial charge on any atom is 0.338 e. The Bertz CT molecular complexity index is 595. The van der Waals surface area contributed by atoms with E-state index in [0.717, 1.165) is 12.5 Å². The number of carbonyl (C=O) groups is 1. The van der Waals surface area contributed by atoms with Gasteiger partial charge in [0.25, 0.3) is 0 Å². The monoisotopic (exact) mass is 266 g/mol. The third-order valence-electron chi connectivity index (χ3n) is 2.76. The Balaban J connectivity index is 2.18. The third-order valence-corrected chi connectivity index (χ3v) is 2.76. The first kappa shape index (κ1) is 13.5. The molecule has 0 aliphatic heterocycles. The number of aromatic carboxylic acids is 1. The fraction of sp³-hybridized carbons (Fsp3) is 0.385. The molecule has 0 aliphatic carbocycles. The minimum absolute atomic E-state index is 0.361. The van der Waals surface area contributed by atoms with Gasteiger partial charge in [0.1, 0.15) is 11.6 Å². The Morgan fingerprint density at radius 2 is 2.32 bits per heavy atom. The fourth-order valence-corrected chi connectivity index (χ4v) is 1.85. The van der Waals surface area contributed by atoms with Crippen LogP contribution in [-0.2, 0) is 11.2 Å². The highest BCUT2D eigenvalue weighted by atomic mass is 19.1. The van der Waals surface area contributed by atoms with Gasteiger partial charge in [-0.15, -0.1) is 0 Å². The fourth-order valence-electron chi connectivity index (χ4n) is 1.85. The van der Waals surface area contributed by atoms with Gasteiger partial charge in [-0.3, -0.25) is 0 Å². The van der Waals surface area contributed by atoms with Gasteiger partial charge in [-0.05, 0) is 19.4 Å². The normalized spacial score (nSPS) is 11.1. The van der Waals surface area contributed by atoms with Crippen molar-refractivity contribution < 1.29 is 19.0 Å². The van der Waals surface area contributed by atoms with Crippen LogP contribution in [0.4, 0.5) is 4.39 Å². The Morgan fingerprint density at radius 1 is 1.53 bits per heavy atom. The molecule has 2 rings (SSSR count). The first-order valence-electron chi connectivity index (χ1n) is 6.11. The van der Waals surface area contributed by atoms with Gasteiger partial charge >= 0.3 is 5.97 Å². The van der Waals surface area contributed by atoms with E-state index in [4.69, 9.17) is 9.84 Å². The number of H-pyrrole nitrogens is 1. The highest BCUT2D eigenvalue weighted by molar-refractivity contribution is 5.92. The summed E-state index contributed by atoms with van der Waals surface area (Å²) in [4.78, 5) is 18.1. The Morgan fingerprint density at radius 3 is 3.00 bits per heavy atom. The number of carboxylic acid groups (broad SMARTS) is 1. The highest BCUT2D eigenvalue weighted by Gasteiger charge is 2.13. The van der Waals surface area contributed by atoms with Crippen LogP contribution in [0.15, 0.2) is 12.1 Å². The number of halogens is 1. The molecule has 1 aromatic carbocycles. The topological polar surface area (TPSA) is 75.2 Å². The summed E-state index contributed by atoms with van der Waals surface area (Å²) in [5.74, 6) is -1.35. The number of hydrogen-bond acceptors (Lipinski definition) is 3. The van der Waals surface area contributed by atoms with Crippen molar-refractivity contribution in [1.29, 1.82) is 0 Å². The molecule has 0 unspecified atom stereocenters. The Kier molecular flexibility index (Phi) is 4.11. The first-order valence-corrected chi connectivity index (χ1v) is 6.11. The molecule has 0 spiro atoms. The van der Waals surface area contributed by atoms with Gasteiger partial charge < -0.3 is 14.8 Å². The maximum atomic E-state index is 13.5. The SMILES string of the molecule is CCOCCCc1nc2cc(C(=O)O)c(F)cc2[nH]1. The second-order valence-electron chi connectivity index (χ2n) is 4.14. The van der Waals surface area contributed by atoms with Crippen LogP contribution < -0.4 is 0 Å². The lowest BCUT2D eigenvalue weighted by Gasteiger charge is -1.98. The number of aromatic nitrogens is 2. The highest BCUT2D eigenvalue weighted by Crippen LogP contribution is 2.18. The van der Waals surface area contributed by atoms with Gasteiger partial charge in [0.05, 0.1) is 16.6 Å². The average molecular weight is 266 g/mol. The molecule has 0 saturated carbocycles. The average Bonchev–Trinajstić information content (AvgIpc) is 2.75. The number of aromatic amines is 1. The van der Waals surface area contributed by atoms with E-state index in [1.807, 2.05) is 6.92 Å². The van der Waals surface area contributed by atoms with Crippen molar-refractivity contribution >= 4 is 17.0 Å². The van der Waals surface area contributed by atoms with Crippen molar-refractivity contribution in [3.05, 3.63) is 29.3 Å². The molecule has 0 atom stereocenters. The van der Waals surface area contributed by atoms with Gasteiger partial charge in [-0.25, -0.2) is 14.2 Å². The quantitative estimate of drug-likeness (QED) is 0.787. The number of nitrogens with zero attached hydrogens (tertiary/aromatic N) is 1. The molecule has 0 radical (unpaired) electrons. The molecular formula is C13H15FN2O3. The number of imidazole rings is 1. The number of fused-ring (bicyclic) bond motifs is 1. The molecule has 1 aromatic heterocycles. The van der Waals surface area contributed by atoms with Crippen molar-refractivity contribution in [2.24, 2.45) is 0 Å². The number of rotatable bonds is 6. The number of ether oxygens (including phenoxy) is 1. The summed E-state index contributed by atoms with van der Waals surface area (Å²) in [5, 5.41) is 8.84. The van der Waals surface area contributed by atoms with E-state index in [1.54, 1.807) is 0 Å². The first-order chi connectivity index (χ1) is 9.11. The summed E-state index contributed by atoms with van der Waals surface area (Å²) in [6.07, 6.45) is 1.49. The van der Waals surface area contributed by atoms with Gasteiger partial charge in [0, 0.05) is 25.7 Å². The predicted octanol–water partition coefficient (Wildman–Crippen LogP) is 2.37. The lowest BCUT2D eigenvalue weighted by Crippen LogP contribution is -1.99. The molecule has 2 aromatic rings. The van der Waals surface area contributed by atoms with Gasteiger partial charge in [0.15, 0.2) is 0 Å². The molecule has 0 bridgehead atoms. The molecule has 6 heteroatoms. The Labute approximate surface area is 109 Å². The van der Waals surface area contributed by atoms with Crippen LogP contribution in [0.5, 0.6) is 0 Å². The van der Waals surface area contributed by atoms with Gasteiger partial charge in [0.2, 0.25) is 0 Å². The second kappa shape index (κ2) is 5.79. The number of benzene rings is 1. The molecule has 1 heterocycles. The van der Waals surface area contributed by atoms with Crippen LogP contribution in [0.2, 0.25) is 0 Å². The lowest BCUT2D eigenvalue weighted by atomic mass is 10.2. The van der Waals surface area contributed by atoms with Gasteiger partial charge in [-0.2, -0.15) is 0 Å². The van der Waals surface area contributed by atoms with Crippen molar-refractivity contribution in [3.8, 4) is 0 Å². The minimum Gasteiger partial charge on any atom is -0.478 e. The van der Waals surface area contributed by atoms with Crippen LogP contribution in [0.25, 0.3) is 11.0 Å². The standard InChI is InChI=1S/C13H15FN2O3/c1-2-19-5-3-4-12-15-10-6-8(13(17)18)9(14)7-11(10)16-12/h6-7H,2-5H2,1H3,(H,15,16)(H,17,18). The zero-order valence-electron chi connectivity index (χ0n) is 10.6. The molecule has 0 fully saturated rings. The second-order valence-corrected chi connectivity index (χ2v) is 4.14. The zero-order valence-corrected chi connectivity index (χ0v) is 10.6. The van der Waals surface area contributed by atoms with Crippen molar-refractivity contribution in [1.82, 2.24) is 9.97 Å². The van der Waals surface area contributed by atoms with E-state index < -0.39 is 11.8 Å². The number of nitrogens with one attached hydrogen (secondary N) is 1. The number of carboxylic acids is 1. The Hall–Kier alpha value is -1.95. The minimum atomic E-state index is -1.29. The largest absolute Gasteiger partial charge is 0.478 e. The summed E-state index contributed by atoms with van der Waals surface area (Å²) in [6.45, 7) is 3.24. The van der Waals surface area contributed by atoms with Crippen molar-refractivity contribution in [2.75, 3.05) is 13.2 Å². The molecular weight excluding hydrogens is 251 g/mol. The zero-order chi connectivity index (χ0) is 13.8. The van der Waals surface area contributed by atoms with E-state index in [-0.39, 0.29) is 5.56 Å². The van der Waals surface area contributed by atoms with Crippen LogP contribution in [0, 0.1) is 5.82 Å². The summed E-state index contributed by atoms with van der Waals surface area (Å²) in [5.41, 5.74) is 0.610. The van der Waals surface area contributed by atoms with Crippen molar-refractivity contribution in [3.63, 3.8) is 0 Å².